The monoisotopic (exact) mass is 399 g/mol. The molecule has 0 bridgehead atoms. The van der Waals surface area contributed by atoms with Crippen molar-refractivity contribution >= 4 is 16.1 Å². The van der Waals surface area contributed by atoms with Crippen LogP contribution in [0.5, 0.6) is 0 Å². The normalized spacial score (nSPS) is 15.2. The third-order valence-corrected chi connectivity index (χ3v) is 5.49. The summed E-state index contributed by atoms with van der Waals surface area (Å²) in [6, 6.07) is 8.93. The molecule has 2 aromatic rings. The minimum absolute atomic E-state index is 0.0348. The maximum absolute atomic E-state index is 13.2. The molecule has 27 heavy (non-hydrogen) atoms. The van der Waals surface area contributed by atoms with Gasteiger partial charge < -0.3 is 0 Å². The second kappa shape index (κ2) is 7.85. The molecule has 1 aromatic carbocycles. The summed E-state index contributed by atoms with van der Waals surface area (Å²) in [4.78, 5) is 0. The molecule has 9 heteroatoms. The van der Waals surface area contributed by atoms with Crippen LogP contribution in [0.2, 0.25) is 0 Å². The third-order valence-electron chi connectivity index (χ3n) is 4.39. The van der Waals surface area contributed by atoms with Gasteiger partial charge in [0.05, 0.1) is 6.54 Å². The Bertz CT molecular complexity index is 919. The number of sulfonamides is 1. The zero-order chi connectivity index (χ0) is 19.5. The molecule has 1 N–H and O–H groups in total. The molecule has 0 unspecified atom stereocenters. The van der Waals surface area contributed by atoms with E-state index in [2.05, 4.69) is 9.82 Å². The van der Waals surface area contributed by atoms with E-state index in [1.807, 2.05) is 6.07 Å². The number of nitrogens with one attached hydrogen (secondary N) is 1. The predicted molar refractivity (Wildman–Crippen MR) is 96.3 cm³/mol. The van der Waals surface area contributed by atoms with Gasteiger partial charge in [0, 0.05) is 23.2 Å². The molecule has 1 aromatic heterocycles. The van der Waals surface area contributed by atoms with E-state index in [0.717, 1.165) is 17.4 Å². The molecule has 3 rings (SSSR count). The van der Waals surface area contributed by atoms with E-state index >= 15 is 0 Å². The fourth-order valence-corrected chi connectivity index (χ4v) is 3.97. The van der Waals surface area contributed by atoms with E-state index in [1.165, 1.54) is 10.8 Å². The standard InChI is InChI=1S/C18H20F3N3O2S/c19-18(20,21)17-15-8-4-5-9-16(15)24(23-17)12-11-22-27(25,26)13-10-14-6-2-1-3-7-14/h1-3,6-7,10,13,22H,4-5,8-9,11-12H2. The van der Waals surface area contributed by atoms with Gasteiger partial charge in [-0.2, -0.15) is 18.3 Å². The minimum atomic E-state index is -4.50. The highest BCUT2D eigenvalue weighted by molar-refractivity contribution is 7.92. The molecule has 1 aliphatic carbocycles. The molecule has 5 nitrogen and oxygen atoms in total. The molecular weight excluding hydrogens is 379 g/mol. The molecule has 1 heterocycles. The summed E-state index contributed by atoms with van der Waals surface area (Å²) in [6.07, 6.45) is -0.639. The van der Waals surface area contributed by atoms with Crippen LogP contribution in [-0.2, 0) is 35.6 Å². The fraction of sp³-hybridized carbons (Fsp3) is 0.389. The molecule has 146 valence electrons. The Kier molecular flexibility index (Phi) is 5.71. The van der Waals surface area contributed by atoms with Gasteiger partial charge in [0.1, 0.15) is 0 Å². The first kappa shape index (κ1) is 19.6. The molecule has 0 spiro atoms. The highest BCUT2D eigenvalue weighted by Gasteiger charge is 2.39. The van der Waals surface area contributed by atoms with Gasteiger partial charge in [-0.3, -0.25) is 4.68 Å². The van der Waals surface area contributed by atoms with Crippen LogP contribution in [0.25, 0.3) is 6.08 Å². The smallest absolute Gasteiger partial charge is 0.267 e. The van der Waals surface area contributed by atoms with Crippen molar-refractivity contribution in [3.8, 4) is 0 Å². The van der Waals surface area contributed by atoms with E-state index in [-0.39, 0.29) is 18.7 Å². The van der Waals surface area contributed by atoms with Crippen molar-refractivity contribution in [2.45, 2.75) is 38.4 Å². The lowest BCUT2D eigenvalue weighted by Gasteiger charge is -2.14. The molecular formula is C18H20F3N3O2S. The summed E-state index contributed by atoms with van der Waals surface area (Å²) < 4.78 is 67.2. The van der Waals surface area contributed by atoms with Crippen LogP contribution in [-0.4, -0.2) is 24.7 Å². The molecule has 1 aliphatic rings. The van der Waals surface area contributed by atoms with Crippen LogP contribution in [0.15, 0.2) is 35.7 Å². The number of benzene rings is 1. The quantitative estimate of drug-likeness (QED) is 0.810. The van der Waals surface area contributed by atoms with Crippen molar-refractivity contribution in [3.05, 3.63) is 58.3 Å². The van der Waals surface area contributed by atoms with Crippen LogP contribution >= 0.6 is 0 Å². The Labute approximate surface area is 155 Å². The molecule has 0 radical (unpaired) electrons. The number of fused-ring (bicyclic) bond motifs is 1. The number of rotatable bonds is 6. The maximum atomic E-state index is 13.2. The Morgan fingerprint density at radius 3 is 2.56 bits per heavy atom. The zero-order valence-corrected chi connectivity index (χ0v) is 15.4. The lowest BCUT2D eigenvalue weighted by molar-refractivity contribution is -0.142. The lowest BCUT2D eigenvalue weighted by atomic mass is 9.95. The largest absolute Gasteiger partial charge is 0.435 e. The predicted octanol–water partition coefficient (Wildman–Crippen LogP) is 3.37. The maximum Gasteiger partial charge on any atom is 0.435 e. The van der Waals surface area contributed by atoms with Gasteiger partial charge in [0.2, 0.25) is 10.0 Å². The SMILES string of the molecule is O=S(=O)(C=Cc1ccccc1)NCCn1nc(C(F)(F)F)c2c1CCCC2. The molecule has 0 fully saturated rings. The Balaban J connectivity index is 1.67. The van der Waals surface area contributed by atoms with Crippen molar-refractivity contribution in [3.63, 3.8) is 0 Å². The summed E-state index contributed by atoms with van der Waals surface area (Å²) >= 11 is 0. The van der Waals surface area contributed by atoms with Gasteiger partial charge in [-0.15, -0.1) is 0 Å². The first-order chi connectivity index (χ1) is 12.8. The first-order valence-electron chi connectivity index (χ1n) is 8.65. The lowest BCUT2D eigenvalue weighted by Crippen LogP contribution is -2.26. The number of nitrogens with zero attached hydrogens (tertiary/aromatic N) is 2. The van der Waals surface area contributed by atoms with Gasteiger partial charge in [0.25, 0.3) is 0 Å². The number of alkyl halides is 3. The minimum Gasteiger partial charge on any atom is -0.267 e. The summed E-state index contributed by atoms with van der Waals surface area (Å²) in [5.41, 5.74) is 0.705. The van der Waals surface area contributed by atoms with E-state index in [0.29, 0.717) is 25.0 Å². The summed E-state index contributed by atoms with van der Waals surface area (Å²) in [6.45, 7) is 0.0176. The van der Waals surface area contributed by atoms with Gasteiger partial charge in [0.15, 0.2) is 5.69 Å². The summed E-state index contributed by atoms with van der Waals surface area (Å²) in [7, 11) is -3.69. The van der Waals surface area contributed by atoms with E-state index in [9.17, 15) is 21.6 Å². The summed E-state index contributed by atoms with van der Waals surface area (Å²) in [5.74, 6) is 0. The van der Waals surface area contributed by atoms with Gasteiger partial charge in [-0.1, -0.05) is 30.3 Å². The summed E-state index contributed by atoms with van der Waals surface area (Å²) in [5, 5.41) is 4.76. The molecule has 0 saturated heterocycles. The Morgan fingerprint density at radius 1 is 1.15 bits per heavy atom. The topological polar surface area (TPSA) is 64.0 Å². The average Bonchev–Trinajstić information content (AvgIpc) is 3.00. The van der Waals surface area contributed by atoms with Crippen molar-refractivity contribution in [2.75, 3.05) is 6.54 Å². The fourth-order valence-electron chi connectivity index (χ4n) is 3.16. The average molecular weight is 399 g/mol. The van der Waals surface area contributed by atoms with Crippen LogP contribution in [0.3, 0.4) is 0 Å². The van der Waals surface area contributed by atoms with Crippen molar-refractivity contribution < 1.29 is 21.6 Å². The Hall–Kier alpha value is -2.13. The number of hydrogen-bond donors (Lipinski definition) is 1. The molecule has 0 saturated carbocycles. The third kappa shape index (κ3) is 4.98. The highest BCUT2D eigenvalue weighted by Crippen LogP contribution is 2.35. The molecule has 0 atom stereocenters. The van der Waals surface area contributed by atoms with Crippen LogP contribution in [0, 0.1) is 0 Å². The number of aromatic nitrogens is 2. The van der Waals surface area contributed by atoms with Gasteiger partial charge in [-0.05, 0) is 37.3 Å². The van der Waals surface area contributed by atoms with Crippen molar-refractivity contribution in [1.82, 2.24) is 14.5 Å². The van der Waals surface area contributed by atoms with Gasteiger partial charge >= 0.3 is 6.18 Å². The first-order valence-corrected chi connectivity index (χ1v) is 10.2. The highest BCUT2D eigenvalue weighted by atomic mass is 32.2. The van der Waals surface area contributed by atoms with E-state index in [4.69, 9.17) is 0 Å². The van der Waals surface area contributed by atoms with E-state index < -0.39 is 21.9 Å². The van der Waals surface area contributed by atoms with Crippen LogP contribution < -0.4 is 4.72 Å². The molecule has 0 aliphatic heterocycles. The van der Waals surface area contributed by atoms with E-state index in [1.54, 1.807) is 24.3 Å². The van der Waals surface area contributed by atoms with Crippen LogP contribution in [0.4, 0.5) is 13.2 Å². The van der Waals surface area contributed by atoms with Crippen LogP contribution in [0.1, 0.15) is 35.4 Å². The number of halogens is 3. The second-order valence-electron chi connectivity index (χ2n) is 6.35. The number of hydrogen-bond acceptors (Lipinski definition) is 3. The Morgan fingerprint density at radius 2 is 1.85 bits per heavy atom. The van der Waals surface area contributed by atoms with Crippen molar-refractivity contribution in [2.24, 2.45) is 0 Å². The second-order valence-corrected chi connectivity index (χ2v) is 8.01. The zero-order valence-electron chi connectivity index (χ0n) is 14.5. The molecule has 0 amide bonds. The van der Waals surface area contributed by atoms with Gasteiger partial charge in [-0.25, -0.2) is 13.1 Å². The van der Waals surface area contributed by atoms with Crippen molar-refractivity contribution in [1.29, 1.82) is 0 Å².